The topological polar surface area (TPSA) is 105 Å². The van der Waals surface area contributed by atoms with E-state index in [0.29, 0.717) is 25.9 Å². The van der Waals surface area contributed by atoms with E-state index in [4.69, 9.17) is 5.11 Å². The Labute approximate surface area is 121 Å². The second kappa shape index (κ2) is 6.38. The fraction of sp³-hybridized carbons (Fsp3) is 0.538. The van der Waals surface area contributed by atoms with Gasteiger partial charge < -0.3 is 15.3 Å². The first-order chi connectivity index (χ1) is 10.0. The van der Waals surface area contributed by atoms with Crippen molar-refractivity contribution in [2.24, 2.45) is 5.92 Å². The summed E-state index contributed by atoms with van der Waals surface area (Å²) < 4.78 is 1.41. The zero-order valence-corrected chi connectivity index (χ0v) is 11.8. The van der Waals surface area contributed by atoms with Gasteiger partial charge in [0.2, 0.25) is 5.91 Å². The Hall–Kier alpha value is -2.38. The first-order valence-corrected chi connectivity index (χ1v) is 6.77. The number of carboxylic acid groups (broad SMARTS) is 1. The molecular formula is C13H18N4O4. The molecule has 1 aromatic rings. The van der Waals surface area contributed by atoms with Crippen LogP contribution >= 0.6 is 0 Å². The standard InChI is InChI=1S/C13H18N4O4/c1-14-12(19)10-4-7-17(15-10)8-11(18)16-5-2-9(3-6-16)13(20)21/h4,7,9H,2-3,5-6,8H2,1H3,(H,14,19)(H,20,21). The van der Waals surface area contributed by atoms with Gasteiger partial charge in [0.25, 0.3) is 5.91 Å². The number of hydrogen-bond donors (Lipinski definition) is 2. The third kappa shape index (κ3) is 3.59. The number of rotatable bonds is 4. The molecule has 2 N–H and O–H groups in total. The Morgan fingerprint density at radius 2 is 2.05 bits per heavy atom. The van der Waals surface area contributed by atoms with Crippen molar-refractivity contribution in [2.45, 2.75) is 19.4 Å². The Bertz CT molecular complexity index is 546. The molecule has 0 spiro atoms. The molecule has 0 aliphatic carbocycles. The van der Waals surface area contributed by atoms with Gasteiger partial charge in [0.05, 0.1) is 5.92 Å². The van der Waals surface area contributed by atoms with E-state index in [1.54, 1.807) is 17.2 Å². The van der Waals surface area contributed by atoms with E-state index in [2.05, 4.69) is 10.4 Å². The van der Waals surface area contributed by atoms with Crippen LogP contribution in [-0.4, -0.2) is 57.7 Å². The van der Waals surface area contributed by atoms with Crippen LogP contribution in [0.2, 0.25) is 0 Å². The first-order valence-electron chi connectivity index (χ1n) is 6.77. The highest BCUT2D eigenvalue weighted by molar-refractivity contribution is 5.91. The number of amides is 2. The highest BCUT2D eigenvalue weighted by Crippen LogP contribution is 2.17. The predicted molar refractivity (Wildman–Crippen MR) is 72.6 cm³/mol. The van der Waals surface area contributed by atoms with Crippen molar-refractivity contribution in [2.75, 3.05) is 20.1 Å². The van der Waals surface area contributed by atoms with Crippen LogP contribution in [-0.2, 0) is 16.1 Å². The van der Waals surface area contributed by atoms with Gasteiger partial charge in [-0.2, -0.15) is 5.10 Å². The second-order valence-electron chi connectivity index (χ2n) is 4.97. The lowest BCUT2D eigenvalue weighted by Gasteiger charge is -2.30. The molecule has 2 amide bonds. The molecule has 1 saturated heterocycles. The highest BCUT2D eigenvalue weighted by Gasteiger charge is 2.27. The van der Waals surface area contributed by atoms with Gasteiger partial charge >= 0.3 is 5.97 Å². The monoisotopic (exact) mass is 294 g/mol. The molecule has 2 rings (SSSR count). The summed E-state index contributed by atoms with van der Waals surface area (Å²) in [5.41, 5.74) is 0.259. The number of carbonyl (C=O) groups is 3. The maximum absolute atomic E-state index is 12.1. The number of nitrogens with zero attached hydrogens (tertiary/aromatic N) is 3. The van der Waals surface area contributed by atoms with Crippen LogP contribution in [0, 0.1) is 5.92 Å². The highest BCUT2D eigenvalue weighted by atomic mass is 16.4. The summed E-state index contributed by atoms with van der Waals surface area (Å²) >= 11 is 0. The van der Waals surface area contributed by atoms with Crippen LogP contribution in [0.5, 0.6) is 0 Å². The first kappa shape index (κ1) is 15.0. The van der Waals surface area contributed by atoms with Crippen molar-refractivity contribution in [1.29, 1.82) is 0 Å². The van der Waals surface area contributed by atoms with Crippen LogP contribution < -0.4 is 5.32 Å². The van der Waals surface area contributed by atoms with E-state index in [0.717, 1.165) is 0 Å². The van der Waals surface area contributed by atoms with Crippen LogP contribution in [0.15, 0.2) is 12.3 Å². The molecule has 1 aromatic heterocycles. The molecule has 0 radical (unpaired) electrons. The summed E-state index contributed by atoms with van der Waals surface area (Å²) in [6.45, 7) is 0.938. The van der Waals surface area contributed by atoms with Crippen molar-refractivity contribution in [3.05, 3.63) is 18.0 Å². The Morgan fingerprint density at radius 3 is 2.62 bits per heavy atom. The van der Waals surface area contributed by atoms with Gasteiger partial charge in [0.15, 0.2) is 0 Å². The van der Waals surface area contributed by atoms with E-state index < -0.39 is 5.97 Å². The lowest BCUT2D eigenvalue weighted by molar-refractivity contribution is -0.145. The van der Waals surface area contributed by atoms with E-state index in [9.17, 15) is 14.4 Å². The molecule has 0 aromatic carbocycles. The smallest absolute Gasteiger partial charge is 0.306 e. The third-order valence-electron chi connectivity index (χ3n) is 3.59. The number of likely N-dealkylation sites (tertiary alicyclic amines) is 1. The number of carboxylic acids is 1. The Kier molecular flexibility index (Phi) is 4.56. The van der Waals surface area contributed by atoms with Crippen molar-refractivity contribution in [3.8, 4) is 0 Å². The van der Waals surface area contributed by atoms with E-state index >= 15 is 0 Å². The number of nitrogens with one attached hydrogen (secondary N) is 1. The molecule has 21 heavy (non-hydrogen) atoms. The number of hydrogen-bond acceptors (Lipinski definition) is 4. The second-order valence-corrected chi connectivity index (χ2v) is 4.97. The minimum Gasteiger partial charge on any atom is -0.481 e. The zero-order valence-electron chi connectivity index (χ0n) is 11.8. The van der Waals surface area contributed by atoms with E-state index in [1.807, 2.05) is 0 Å². The zero-order chi connectivity index (χ0) is 15.4. The molecule has 0 unspecified atom stereocenters. The molecule has 8 nitrogen and oxygen atoms in total. The van der Waals surface area contributed by atoms with Gasteiger partial charge in [0, 0.05) is 26.3 Å². The molecule has 0 atom stereocenters. The van der Waals surface area contributed by atoms with Gasteiger partial charge in [-0.15, -0.1) is 0 Å². The summed E-state index contributed by atoms with van der Waals surface area (Å²) in [4.78, 5) is 36.0. The van der Waals surface area contributed by atoms with Crippen LogP contribution in [0.25, 0.3) is 0 Å². The Morgan fingerprint density at radius 1 is 1.38 bits per heavy atom. The van der Waals surface area contributed by atoms with Gasteiger partial charge in [0.1, 0.15) is 12.2 Å². The Balaban J connectivity index is 1.89. The number of aromatic nitrogens is 2. The fourth-order valence-electron chi connectivity index (χ4n) is 2.31. The fourth-order valence-corrected chi connectivity index (χ4v) is 2.31. The van der Waals surface area contributed by atoms with E-state index in [1.165, 1.54) is 11.7 Å². The molecule has 0 bridgehead atoms. The quantitative estimate of drug-likeness (QED) is 0.784. The average Bonchev–Trinajstić information content (AvgIpc) is 2.95. The summed E-state index contributed by atoms with van der Waals surface area (Å²) in [5, 5.41) is 15.4. The third-order valence-corrected chi connectivity index (χ3v) is 3.59. The average molecular weight is 294 g/mol. The molecule has 1 aliphatic heterocycles. The van der Waals surface area contributed by atoms with Crippen molar-refractivity contribution < 1.29 is 19.5 Å². The SMILES string of the molecule is CNC(=O)c1ccn(CC(=O)N2CCC(C(=O)O)CC2)n1. The van der Waals surface area contributed by atoms with Gasteiger partial charge in [-0.3, -0.25) is 19.1 Å². The molecule has 1 fully saturated rings. The number of carbonyl (C=O) groups excluding carboxylic acids is 2. The van der Waals surface area contributed by atoms with Gasteiger partial charge in [-0.05, 0) is 18.9 Å². The van der Waals surface area contributed by atoms with Crippen LogP contribution in [0.3, 0.4) is 0 Å². The molecular weight excluding hydrogens is 276 g/mol. The summed E-state index contributed by atoms with van der Waals surface area (Å²) in [5.74, 6) is -1.59. The minimum absolute atomic E-state index is 0.0503. The maximum atomic E-state index is 12.1. The molecule has 2 heterocycles. The van der Waals surface area contributed by atoms with Gasteiger partial charge in [-0.25, -0.2) is 0 Å². The number of piperidine rings is 1. The van der Waals surface area contributed by atoms with Crippen LogP contribution in [0.1, 0.15) is 23.3 Å². The summed E-state index contributed by atoms with van der Waals surface area (Å²) in [6.07, 6.45) is 2.53. The van der Waals surface area contributed by atoms with Crippen molar-refractivity contribution in [3.63, 3.8) is 0 Å². The van der Waals surface area contributed by atoms with E-state index in [-0.39, 0.29) is 30.0 Å². The molecule has 0 saturated carbocycles. The normalized spacial score (nSPS) is 15.8. The molecule has 114 valence electrons. The molecule has 1 aliphatic rings. The predicted octanol–water partition coefficient (Wildman–Crippen LogP) is -0.434. The number of aliphatic carboxylic acids is 1. The lowest BCUT2D eigenvalue weighted by Crippen LogP contribution is -2.41. The minimum atomic E-state index is -0.801. The summed E-state index contributed by atoms with van der Waals surface area (Å²) in [7, 11) is 1.51. The van der Waals surface area contributed by atoms with Crippen LogP contribution in [0.4, 0.5) is 0 Å². The van der Waals surface area contributed by atoms with Gasteiger partial charge in [-0.1, -0.05) is 0 Å². The van der Waals surface area contributed by atoms with Crippen molar-refractivity contribution >= 4 is 17.8 Å². The largest absolute Gasteiger partial charge is 0.481 e. The molecule has 8 heteroatoms. The van der Waals surface area contributed by atoms with Crippen molar-refractivity contribution in [1.82, 2.24) is 20.0 Å². The summed E-state index contributed by atoms with van der Waals surface area (Å²) in [6, 6.07) is 1.54. The maximum Gasteiger partial charge on any atom is 0.306 e. The lowest BCUT2D eigenvalue weighted by atomic mass is 9.97.